The number of hydrogen-bond acceptors (Lipinski definition) is 5. The number of amides is 1. The fourth-order valence-electron chi connectivity index (χ4n) is 2.00. The lowest BCUT2D eigenvalue weighted by Gasteiger charge is -2.03. The second kappa shape index (κ2) is 6.45. The van der Waals surface area contributed by atoms with Gasteiger partial charge in [-0.2, -0.15) is 16.8 Å². The summed E-state index contributed by atoms with van der Waals surface area (Å²) < 4.78 is 20.9. The molecule has 0 fully saturated rings. The van der Waals surface area contributed by atoms with Gasteiger partial charge in [0.1, 0.15) is 5.82 Å². The fourth-order valence-corrected chi connectivity index (χ4v) is 3.44. The van der Waals surface area contributed by atoms with Gasteiger partial charge in [0, 0.05) is 18.4 Å². The highest BCUT2D eigenvalue weighted by molar-refractivity contribution is 7.98. The molecule has 0 saturated carbocycles. The zero-order chi connectivity index (χ0) is 15.5. The van der Waals surface area contributed by atoms with Crippen LogP contribution in [0.2, 0.25) is 0 Å². The van der Waals surface area contributed by atoms with Crippen LogP contribution in [0, 0.1) is 5.82 Å². The first-order chi connectivity index (χ1) is 10.7. The second-order valence-corrected chi connectivity index (χ2v) is 6.43. The highest BCUT2D eigenvalue weighted by Crippen LogP contribution is 2.19. The van der Waals surface area contributed by atoms with Gasteiger partial charge in [-0.25, -0.2) is 4.39 Å². The number of thiazole rings is 1. The van der Waals surface area contributed by atoms with E-state index in [9.17, 15) is 9.18 Å². The molecule has 1 amide bonds. The zero-order valence-corrected chi connectivity index (χ0v) is 13.3. The molecular weight excluding hydrogens is 325 g/mol. The summed E-state index contributed by atoms with van der Waals surface area (Å²) in [6.45, 7) is 0.690. The van der Waals surface area contributed by atoms with Gasteiger partial charge in [0.15, 0.2) is 4.80 Å². The van der Waals surface area contributed by atoms with E-state index in [1.807, 2.05) is 10.8 Å². The maximum atomic E-state index is 13.4. The van der Waals surface area contributed by atoms with Gasteiger partial charge in [-0.3, -0.25) is 4.79 Å². The Morgan fingerprint density at radius 2 is 2.36 bits per heavy atom. The van der Waals surface area contributed by atoms with E-state index in [0.29, 0.717) is 11.3 Å². The third-order valence-corrected chi connectivity index (χ3v) is 4.64. The average molecular weight is 337 g/mol. The van der Waals surface area contributed by atoms with Crippen molar-refractivity contribution in [1.82, 2.24) is 9.72 Å². The van der Waals surface area contributed by atoms with Crippen LogP contribution >= 0.6 is 23.1 Å². The lowest BCUT2D eigenvalue weighted by molar-refractivity contribution is 0.0962. The molecule has 0 saturated heterocycles. The van der Waals surface area contributed by atoms with Gasteiger partial charge in [-0.05, 0) is 24.5 Å². The van der Waals surface area contributed by atoms with Gasteiger partial charge < -0.3 is 9.09 Å². The van der Waals surface area contributed by atoms with Gasteiger partial charge in [0.2, 0.25) is 5.76 Å². The Bertz CT molecular complexity index is 868. The van der Waals surface area contributed by atoms with Crippen LogP contribution in [0.25, 0.3) is 10.2 Å². The summed E-state index contributed by atoms with van der Waals surface area (Å²) in [6, 6.07) is 6.03. The molecule has 0 aliphatic rings. The van der Waals surface area contributed by atoms with Crippen LogP contribution in [0.5, 0.6) is 0 Å². The number of hydrogen-bond donors (Lipinski definition) is 0. The molecule has 0 radical (unpaired) electrons. The Morgan fingerprint density at radius 1 is 1.50 bits per heavy atom. The quantitative estimate of drug-likeness (QED) is 0.734. The first kappa shape index (κ1) is 15.0. The van der Waals surface area contributed by atoms with Crippen LogP contribution in [0.15, 0.2) is 40.0 Å². The third kappa shape index (κ3) is 2.97. The number of aryl methyl sites for hydroxylation is 1. The van der Waals surface area contributed by atoms with Gasteiger partial charge in [-0.15, -0.1) is 0 Å². The Morgan fingerprint density at radius 3 is 3.09 bits per heavy atom. The third-order valence-electron chi connectivity index (χ3n) is 3.01. The number of nitrogens with zero attached hydrogens (tertiary/aromatic N) is 3. The predicted octanol–water partition coefficient (Wildman–Crippen LogP) is 2.93. The van der Waals surface area contributed by atoms with Crippen LogP contribution in [0.4, 0.5) is 4.39 Å². The van der Waals surface area contributed by atoms with Crippen molar-refractivity contribution < 1.29 is 13.7 Å². The van der Waals surface area contributed by atoms with Crippen molar-refractivity contribution >= 4 is 39.2 Å². The van der Waals surface area contributed by atoms with Crippen LogP contribution < -0.4 is 4.80 Å². The van der Waals surface area contributed by atoms with Crippen LogP contribution in [-0.2, 0) is 6.54 Å². The fraction of sp³-hybridized carbons (Fsp3) is 0.214. The number of benzene rings is 1. The maximum Gasteiger partial charge on any atom is 0.318 e. The lowest BCUT2D eigenvalue weighted by Crippen LogP contribution is -2.18. The molecule has 0 atom stereocenters. The standard InChI is InChI=1S/C14H12FN3O2S2/c1-21-7-6-18-10-3-2-9(15)8-12(10)22-14(18)17-13(19)11-4-5-16-20-11/h2-5,8H,6-7H2,1H3. The summed E-state index contributed by atoms with van der Waals surface area (Å²) in [5.74, 6) is 0.147. The Balaban J connectivity index is 2.12. The molecule has 0 aliphatic carbocycles. The molecule has 2 heterocycles. The number of carbonyl (C=O) groups excluding carboxylic acids is 1. The van der Waals surface area contributed by atoms with E-state index in [1.165, 1.54) is 35.7 Å². The maximum absolute atomic E-state index is 13.4. The molecule has 5 nitrogen and oxygen atoms in total. The molecule has 0 spiro atoms. The van der Waals surface area contributed by atoms with E-state index >= 15 is 0 Å². The van der Waals surface area contributed by atoms with E-state index in [2.05, 4.69) is 10.1 Å². The van der Waals surface area contributed by atoms with E-state index in [1.54, 1.807) is 17.8 Å². The zero-order valence-electron chi connectivity index (χ0n) is 11.7. The molecule has 2 aromatic heterocycles. The van der Waals surface area contributed by atoms with Crippen molar-refractivity contribution in [3.63, 3.8) is 0 Å². The molecule has 22 heavy (non-hydrogen) atoms. The van der Waals surface area contributed by atoms with Crippen molar-refractivity contribution in [3.8, 4) is 0 Å². The highest BCUT2D eigenvalue weighted by atomic mass is 32.2. The van der Waals surface area contributed by atoms with Crippen molar-refractivity contribution in [2.45, 2.75) is 6.54 Å². The Hall–Kier alpha value is -1.93. The smallest absolute Gasteiger partial charge is 0.318 e. The highest BCUT2D eigenvalue weighted by Gasteiger charge is 2.12. The lowest BCUT2D eigenvalue weighted by atomic mass is 10.3. The molecule has 0 bridgehead atoms. The first-order valence-electron chi connectivity index (χ1n) is 6.46. The number of fused-ring (bicyclic) bond motifs is 1. The van der Waals surface area contributed by atoms with Crippen LogP contribution in [-0.4, -0.2) is 27.6 Å². The monoisotopic (exact) mass is 337 g/mol. The average Bonchev–Trinajstić information content (AvgIpc) is 3.12. The molecule has 3 aromatic rings. The summed E-state index contributed by atoms with van der Waals surface area (Å²) in [5.41, 5.74) is 0.865. The normalized spacial score (nSPS) is 12.2. The topological polar surface area (TPSA) is 60.4 Å². The van der Waals surface area contributed by atoms with Crippen molar-refractivity contribution in [2.75, 3.05) is 12.0 Å². The molecule has 0 aliphatic heterocycles. The van der Waals surface area contributed by atoms with Crippen LogP contribution in [0.1, 0.15) is 10.6 Å². The van der Waals surface area contributed by atoms with Crippen molar-refractivity contribution in [2.24, 2.45) is 4.99 Å². The van der Waals surface area contributed by atoms with E-state index in [4.69, 9.17) is 4.52 Å². The number of carbonyl (C=O) groups is 1. The molecule has 8 heteroatoms. The van der Waals surface area contributed by atoms with Gasteiger partial charge in [0.25, 0.3) is 0 Å². The SMILES string of the molecule is CSCCn1c(=NC(=O)c2ccno2)sc2cc(F)ccc21. The largest absolute Gasteiger partial charge is 0.351 e. The van der Waals surface area contributed by atoms with Gasteiger partial charge in [0.05, 0.1) is 16.4 Å². The van der Waals surface area contributed by atoms with Gasteiger partial charge in [-0.1, -0.05) is 16.5 Å². The summed E-state index contributed by atoms with van der Waals surface area (Å²) >= 11 is 2.97. The van der Waals surface area contributed by atoms with E-state index < -0.39 is 5.91 Å². The molecule has 0 N–H and O–H groups in total. The van der Waals surface area contributed by atoms with Crippen molar-refractivity contribution in [3.05, 3.63) is 46.8 Å². The predicted molar refractivity (Wildman–Crippen MR) is 84.6 cm³/mol. The van der Waals surface area contributed by atoms with Crippen molar-refractivity contribution in [1.29, 1.82) is 0 Å². The Labute approximate surface area is 133 Å². The van der Waals surface area contributed by atoms with Crippen LogP contribution in [0.3, 0.4) is 0 Å². The summed E-state index contributed by atoms with van der Waals surface area (Å²) in [6.07, 6.45) is 3.40. The molecule has 1 aromatic carbocycles. The summed E-state index contributed by atoms with van der Waals surface area (Å²) in [7, 11) is 0. The minimum absolute atomic E-state index is 0.0834. The second-order valence-electron chi connectivity index (χ2n) is 4.43. The summed E-state index contributed by atoms with van der Waals surface area (Å²) in [5, 5.41) is 3.50. The molecule has 114 valence electrons. The Kier molecular flexibility index (Phi) is 4.39. The minimum Gasteiger partial charge on any atom is -0.351 e. The molecule has 3 rings (SSSR count). The minimum atomic E-state index is -0.498. The molecular formula is C14H12FN3O2S2. The van der Waals surface area contributed by atoms with E-state index in [-0.39, 0.29) is 11.6 Å². The number of thioether (sulfide) groups is 1. The number of halogens is 1. The van der Waals surface area contributed by atoms with Gasteiger partial charge >= 0.3 is 5.91 Å². The number of rotatable bonds is 4. The molecule has 0 unspecified atom stereocenters. The number of aromatic nitrogens is 2. The summed E-state index contributed by atoms with van der Waals surface area (Å²) in [4.78, 5) is 16.7. The van der Waals surface area contributed by atoms with E-state index in [0.717, 1.165) is 16.0 Å². The first-order valence-corrected chi connectivity index (χ1v) is 8.67.